The summed E-state index contributed by atoms with van der Waals surface area (Å²) in [5.74, 6) is 0.708. The van der Waals surface area contributed by atoms with Crippen molar-refractivity contribution < 1.29 is 4.79 Å². The summed E-state index contributed by atoms with van der Waals surface area (Å²) < 4.78 is 0. The Labute approximate surface area is 118 Å². The highest BCUT2D eigenvalue weighted by molar-refractivity contribution is 5.78. The van der Waals surface area contributed by atoms with Gasteiger partial charge in [-0.05, 0) is 38.0 Å². The van der Waals surface area contributed by atoms with Crippen LogP contribution in [0.3, 0.4) is 0 Å². The molecular formula is C16H28N2O. The van der Waals surface area contributed by atoms with Crippen LogP contribution in [0.1, 0.15) is 60.8 Å². The second-order valence-electron chi connectivity index (χ2n) is 7.33. The van der Waals surface area contributed by atoms with E-state index < -0.39 is 0 Å². The monoisotopic (exact) mass is 264 g/mol. The third-order valence-electron chi connectivity index (χ3n) is 4.97. The fourth-order valence-corrected chi connectivity index (χ4v) is 2.65. The molecule has 0 bridgehead atoms. The lowest BCUT2D eigenvalue weighted by atomic mass is 9.64. The van der Waals surface area contributed by atoms with E-state index in [0.717, 1.165) is 19.4 Å². The van der Waals surface area contributed by atoms with E-state index in [1.807, 2.05) is 18.7 Å². The Morgan fingerprint density at radius 2 is 1.89 bits per heavy atom. The molecule has 19 heavy (non-hydrogen) atoms. The summed E-state index contributed by atoms with van der Waals surface area (Å²) in [6.07, 6.45) is 2.55. The molecule has 0 aromatic rings. The molecule has 1 heterocycles. The Hall–Kier alpha value is -1.04. The topological polar surface area (TPSA) is 44.1 Å². The molecule has 3 heteroatoms. The SMILES string of the molecule is CC(C)C(CC(C)(C)C(C)(C)C#N)N1CCCC1=O. The van der Waals surface area contributed by atoms with Crippen molar-refractivity contribution in [3.8, 4) is 6.07 Å². The Balaban J connectivity index is 2.91. The molecular weight excluding hydrogens is 236 g/mol. The Morgan fingerprint density at radius 1 is 1.32 bits per heavy atom. The van der Waals surface area contributed by atoms with Crippen molar-refractivity contribution in [3.05, 3.63) is 0 Å². The minimum absolute atomic E-state index is 0.112. The molecule has 1 aliphatic heterocycles. The molecule has 1 fully saturated rings. The quantitative estimate of drug-likeness (QED) is 0.761. The Kier molecular flexibility index (Phi) is 4.66. The van der Waals surface area contributed by atoms with Gasteiger partial charge in [-0.15, -0.1) is 0 Å². The lowest BCUT2D eigenvalue weighted by Gasteiger charge is -2.42. The first kappa shape index (κ1) is 16.0. The number of amides is 1. The molecule has 1 unspecified atom stereocenters. The fraction of sp³-hybridized carbons (Fsp3) is 0.875. The van der Waals surface area contributed by atoms with Crippen molar-refractivity contribution in [3.63, 3.8) is 0 Å². The summed E-state index contributed by atoms with van der Waals surface area (Å²) in [6, 6.07) is 2.67. The van der Waals surface area contributed by atoms with E-state index in [1.54, 1.807) is 0 Å². The number of hydrogen-bond acceptors (Lipinski definition) is 2. The number of nitrogens with zero attached hydrogens (tertiary/aromatic N) is 2. The molecule has 1 aliphatic rings. The van der Waals surface area contributed by atoms with Gasteiger partial charge in [-0.3, -0.25) is 4.79 Å². The molecule has 0 aliphatic carbocycles. The zero-order valence-corrected chi connectivity index (χ0v) is 13.3. The van der Waals surface area contributed by atoms with Crippen LogP contribution in [0.4, 0.5) is 0 Å². The van der Waals surface area contributed by atoms with Crippen molar-refractivity contribution in [1.82, 2.24) is 4.90 Å². The average Bonchev–Trinajstić information content (AvgIpc) is 2.71. The van der Waals surface area contributed by atoms with Crippen LogP contribution < -0.4 is 0 Å². The maximum Gasteiger partial charge on any atom is 0.222 e. The van der Waals surface area contributed by atoms with Crippen LogP contribution in [0.5, 0.6) is 0 Å². The summed E-state index contributed by atoms with van der Waals surface area (Å²) in [5, 5.41) is 9.37. The molecule has 1 saturated heterocycles. The molecule has 0 saturated carbocycles. The molecule has 1 amide bonds. The fourth-order valence-electron chi connectivity index (χ4n) is 2.65. The van der Waals surface area contributed by atoms with Gasteiger partial charge in [0, 0.05) is 19.0 Å². The molecule has 0 spiro atoms. The van der Waals surface area contributed by atoms with Gasteiger partial charge < -0.3 is 4.90 Å². The number of likely N-dealkylation sites (tertiary alicyclic amines) is 1. The number of rotatable bonds is 5. The van der Waals surface area contributed by atoms with Crippen molar-refractivity contribution in [2.75, 3.05) is 6.54 Å². The second kappa shape index (κ2) is 5.53. The van der Waals surface area contributed by atoms with Crippen molar-refractivity contribution in [1.29, 1.82) is 5.26 Å². The normalized spacial score (nSPS) is 18.8. The smallest absolute Gasteiger partial charge is 0.222 e. The van der Waals surface area contributed by atoms with Crippen LogP contribution in [0, 0.1) is 28.1 Å². The maximum atomic E-state index is 12.0. The molecule has 0 radical (unpaired) electrons. The Bertz CT molecular complexity index is 377. The molecule has 1 atom stereocenters. The first-order chi connectivity index (χ1) is 8.62. The highest BCUT2D eigenvalue weighted by atomic mass is 16.2. The molecule has 0 N–H and O–H groups in total. The van der Waals surface area contributed by atoms with E-state index in [1.165, 1.54) is 0 Å². The van der Waals surface area contributed by atoms with E-state index in [0.29, 0.717) is 12.3 Å². The maximum absolute atomic E-state index is 12.0. The summed E-state index contributed by atoms with van der Waals surface area (Å²) >= 11 is 0. The first-order valence-electron chi connectivity index (χ1n) is 7.33. The van der Waals surface area contributed by atoms with Gasteiger partial charge in [-0.2, -0.15) is 5.26 Å². The second-order valence-corrected chi connectivity index (χ2v) is 7.33. The minimum atomic E-state index is -0.386. The minimum Gasteiger partial charge on any atom is -0.339 e. The average molecular weight is 264 g/mol. The van der Waals surface area contributed by atoms with E-state index in [9.17, 15) is 10.1 Å². The van der Waals surface area contributed by atoms with Crippen molar-refractivity contribution >= 4 is 5.91 Å². The van der Waals surface area contributed by atoms with Gasteiger partial charge in [0.05, 0.1) is 11.5 Å². The van der Waals surface area contributed by atoms with Gasteiger partial charge in [-0.1, -0.05) is 27.7 Å². The van der Waals surface area contributed by atoms with Crippen LogP contribution in [-0.2, 0) is 4.79 Å². The third kappa shape index (κ3) is 3.29. The highest BCUT2D eigenvalue weighted by Crippen LogP contribution is 2.43. The lowest BCUT2D eigenvalue weighted by Crippen LogP contribution is -2.45. The molecule has 0 aromatic heterocycles. The van der Waals surface area contributed by atoms with E-state index >= 15 is 0 Å². The largest absolute Gasteiger partial charge is 0.339 e. The van der Waals surface area contributed by atoms with Crippen LogP contribution in [-0.4, -0.2) is 23.4 Å². The first-order valence-corrected chi connectivity index (χ1v) is 7.33. The predicted octanol–water partition coefficient (Wildman–Crippen LogP) is 3.60. The van der Waals surface area contributed by atoms with Crippen LogP contribution in [0.25, 0.3) is 0 Å². The standard InChI is InChI=1S/C16H28N2O/c1-12(2)13(18-9-7-8-14(18)19)10-15(3,4)16(5,6)11-17/h12-13H,7-10H2,1-6H3. The van der Waals surface area contributed by atoms with E-state index in [-0.39, 0.29) is 22.8 Å². The molecule has 108 valence electrons. The van der Waals surface area contributed by atoms with Gasteiger partial charge in [0.15, 0.2) is 0 Å². The van der Waals surface area contributed by atoms with E-state index in [4.69, 9.17) is 0 Å². The van der Waals surface area contributed by atoms with Crippen molar-refractivity contribution in [2.24, 2.45) is 16.7 Å². The summed E-state index contributed by atoms with van der Waals surface area (Å²) in [7, 11) is 0. The van der Waals surface area contributed by atoms with Gasteiger partial charge in [0.1, 0.15) is 0 Å². The summed E-state index contributed by atoms with van der Waals surface area (Å²) in [6.45, 7) is 13.5. The molecule has 0 aromatic carbocycles. The Morgan fingerprint density at radius 3 is 2.26 bits per heavy atom. The highest BCUT2D eigenvalue weighted by Gasteiger charge is 2.42. The zero-order valence-electron chi connectivity index (χ0n) is 13.3. The summed E-state index contributed by atoms with van der Waals surface area (Å²) in [5.41, 5.74) is -0.498. The van der Waals surface area contributed by atoms with Crippen LogP contribution >= 0.6 is 0 Å². The van der Waals surface area contributed by atoms with Crippen molar-refractivity contribution in [2.45, 2.75) is 66.8 Å². The third-order valence-corrected chi connectivity index (χ3v) is 4.97. The number of carbonyl (C=O) groups excluding carboxylic acids is 1. The lowest BCUT2D eigenvalue weighted by molar-refractivity contribution is -0.131. The van der Waals surface area contributed by atoms with Gasteiger partial charge in [-0.25, -0.2) is 0 Å². The molecule has 3 nitrogen and oxygen atoms in total. The van der Waals surface area contributed by atoms with Gasteiger partial charge in [0.2, 0.25) is 5.91 Å². The number of carbonyl (C=O) groups is 1. The molecule has 1 rings (SSSR count). The summed E-state index contributed by atoms with van der Waals surface area (Å²) in [4.78, 5) is 14.0. The zero-order chi connectivity index (χ0) is 14.8. The van der Waals surface area contributed by atoms with Crippen LogP contribution in [0.15, 0.2) is 0 Å². The van der Waals surface area contributed by atoms with Gasteiger partial charge >= 0.3 is 0 Å². The van der Waals surface area contributed by atoms with E-state index in [2.05, 4.69) is 33.8 Å². The van der Waals surface area contributed by atoms with Crippen LogP contribution in [0.2, 0.25) is 0 Å². The number of nitriles is 1. The van der Waals surface area contributed by atoms with Gasteiger partial charge in [0.25, 0.3) is 0 Å². The number of hydrogen-bond donors (Lipinski definition) is 0. The predicted molar refractivity (Wildman–Crippen MR) is 77.4 cm³/mol.